The van der Waals surface area contributed by atoms with E-state index in [1.807, 2.05) is 42.5 Å². The van der Waals surface area contributed by atoms with Crippen LogP contribution in [0.1, 0.15) is 54.0 Å². The summed E-state index contributed by atoms with van der Waals surface area (Å²) in [5.74, 6) is -1.60. The van der Waals surface area contributed by atoms with Crippen LogP contribution < -0.4 is 5.32 Å². The molecular formula is C35H34ClN5O6. The minimum absolute atomic E-state index is 0. The van der Waals surface area contributed by atoms with Crippen molar-refractivity contribution in [2.75, 3.05) is 13.1 Å². The number of carbonyl (C=O) groups is 3. The molecular weight excluding hydrogens is 622 g/mol. The maximum Gasteiger partial charge on any atom is 0.340 e. The summed E-state index contributed by atoms with van der Waals surface area (Å²) < 4.78 is 9.41. The van der Waals surface area contributed by atoms with Crippen LogP contribution >= 0.6 is 12.4 Å². The van der Waals surface area contributed by atoms with Crippen LogP contribution in [0, 0.1) is 10.1 Å². The van der Waals surface area contributed by atoms with E-state index in [2.05, 4.69) is 24.1 Å². The summed E-state index contributed by atoms with van der Waals surface area (Å²) >= 11 is 0. The van der Waals surface area contributed by atoms with Gasteiger partial charge < -0.3 is 13.9 Å². The third kappa shape index (κ3) is 6.02. The molecule has 5 aromatic rings. The zero-order chi connectivity index (χ0) is 32.7. The average Bonchev–Trinajstić information content (AvgIpc) is 3.69. The number of nitrogens with one attached hydrogen (secondary N) is 1. The number of halogens is 1. The number of nitro benzene ring substituents is 1. The van der Waals surface area contributed by atoms with Crippen molar-refractivity contribution in [3.05, 3.63) is 111 Å². The normalized spacial score (nSPS) is 13.7. The van der Waals surface area contributed by atoms with Gasteiger partial charge in [-0.05, 0) is 49.8 Å². The van der Waals surface area contributed by atoms with E-state index in [-0.39, 0.29) is 29.2 Å². The van der Waals surface area contributed by atoms with E-state index in [9.17, 15) is 24.5 Å². The van der Waals surface area contributed by atoms with Gasteiger partial charge in [-0.25, -0.2) is 4.79 Å². The summed E-state index contributed by atoms with van der Waals surface area (Å²) in [6.07, 6.45) is 2.67. The Morgan fingerprint density at radius 1 is 0.915 bits per heavy atom. The minimum atomic E-state index is -0.750. The number of aryl methyl sites for hydroxylation is 1. The smallest absolute Gasteiger partial charge is 0.340 e. The number of hydrogen-bond donors (Lipinski definition) is 1. The van der Waals surface area contributed by atoms with E-state index in [0.29, 0.717) is 38.5 Å². The molecule has 2 amide bonds. The maximum atomic E-state index is 13.4. The van der Waals surface area contributed by atoms with Gasteiger partial charge in [0.1, 0.15) is 0 Å². The maximum absolute atomic E-state index is 13.4. The van der Waals surface area contributed by atoms with Gasteiger partial charge in [0.2, 0.25) is 0 Å². The summed E-state index contributed by atoms with van der Waals surface area (Å²) in [5, 5.41) is 15.1. The van der Waals surface area contributed by atoms with E-state index in [4.69, 9.17) is 4.74 Å². The molecule has 0 radical (unpaired) electrons. The van der Waals surface area contributed by atoms with Crippen LogP contribution in [-0.2, 0) is 27.9 Å². The number of rotatable bonds is 10. The largest absolute Gasteiger partial charge is 0.438 e. The second-order valence-corrected chi connectivity index (χ2v) is 11.3. The number of esters is 1. The number of fused-ring (bicyclic) bond motifs is 2. The number of ether oxygens (including phenoxy) is 1. The van der Waals surface area contributed by atoms with Crippen LogP contribution in [0.4, 0.5) is 5.69 Å². The first kappa shape index (κ1) is 33.1. The molecule has 3 aromatic carbocycles. The van der Waals surface area contributed by atoms with Gasteiger partial charge >= 0.3 is 5.97 Å². The SMILES string of the molecule is CCN(CC)Cc1cccc(C(=O)OC(C)n2cc(C3=C(c4cn(C)c5cc([N+](=O)[O-])ccc45)C(=O)NC3=O)c3ccccc32)c1.Cl. The second-order valence-electron chi connectivity index (χ2n) is 11.3. The quantitative estimate of drug-likeness (QED) is 0.0815. The summed E-state index contributed by atoms with van der Waals surface area (Å²) in [7, 11) is 1.73. The van der Waals surface area contributed by atoms with E-state index in [1.54, 1.807) is 47.6 Å². The molecule has 1 aliphatic rings. The van der Waals surface area contributed by atoms with Gasteiger partial charge in [0.25, 0.3) is 17.5 Å². The number of benzene rings is 3. The third-order valence-corrected chi connectivity index (χ3v) is 8.53. The molecule has 6 rings (SSSR count). The third-order valence-electron chi connectivity index (χ3n) is 8.53. The summed E-state index contributed by atoms with van der Waals surface area (Å²) in [6.45, 7) is 8.46. The number of para-hydroxylation sites is 1. The average molecular weight is 656 g/mol. The van der Waals surface area contributed by atoms with Gasteiger partial charge in [-0.2, -0.15) is 0 Å². The van der Waals surface area contributed by atoms with Crippen LogP contribution in [-0.4, -0.2) is 49.8 Å². The van der Waals surface area contributed by atoms with Gasteiger partial charge in [0.05, 0.1) is 32.7 Å². The van der Waals surface area contributed by atoms with Crippen molar-refractivity contribution in [1.29, 1.82) is 0 Å². The molecule has 47 heavy (non-hydrogen) atoms. The minimum Gasteiger partial charge on any atom is -0.438 e. The van der Waals surface area contributed by atoms with Crippen molar-refractivity contribution in [3.8, 4) is 0 Å². The number of hydrogen-bond acceptors (Lipinski definition) is 7. The molecule has 2 aromatic heterocycles. The highest BCUT2D eigenvalue weighted by Crippen LogP contribution is 2.40. The fourth-order valence-electron chi connectivity index (χ4n) is 6.14. The lowest BCUT2D eigenvalue weighted by atomic mass is 9.95. The van der Waals surface area contributed by atoms with Crippen molar-refractivity contribution >= 4 is 68.8 Å². The molecule has 12 heteroatoms. The molecule has 0 aliphatic carbocycles. The Morgan fingerprint density at radius 2 is 1.57 bits per heavy atom. The van der Waals surface area contributed by atoms with Crippen molar-refractivity contribution in [2.45, 2.75) is 33.5 Å². The molecule has 242 valence electrons. The Balaban J connectivity index is 0.00000433. The fourth-order valence-corrected chi connectivity index (χ4v) is 6.14. The van der Waals surface area contributed by atoms with Crippen molar-refractivity contribution < 1.29 is 24.0 Å². The molecule has 0 saturated carbocycles. The molecule has 0 bridgehead atoms. The predicted molar refractivity (Wildman–Crippen MR) is 182 cm³/mol. The number of amides is 2. The van der Waals surface area contributed by atoms with Crippen LogP contribution in [0.3, 0.4) is 0 Å². The van der Waals surface area contributed by atoms with Crippen LogP contribution in [0.15, 0.2) is 79.1 Å². The van der Waals surface area contributed by atoms with Gasteiger partial charge in [0.15, 0.2) is 6.23 Å². The van der Waals surface area contributed by atoms with Gasteiger partial charge in [-0.15, -0.1) is 12.4 Å². The topological polar surface area (TPSA) is 129 Å². The van der Waals surface area contributed by atoms with Gasteiger partial charge in [0, 0.05) is 60.0 Å². The Kier molecular flexibility index (Phi) is 9.32. The van der Waals surface area contributed by atoms with E-state index >= 15 is 0 Å². The highest BCUT2D eigenvalue weighted by molar-refractivity contribution is 6.50. The Bertz CT molecular complexity index is 2090. The lowest BCUT2D eigenvalue weighted by molar-refractivity contribution is -0.384. The molecule has 1 N–H and O–H groups in total. The van der Waals surface area contributed by atoms with Crippen molar-refractivity contribution in [2.24, 2.45) is 7.05 Å². The van der Waals surface area contributed by atoms with Crippen LogP contribution in [0.2, 0.25) is 0 Å². The van der Waals surface area contributed by atoms with Crippen molar-refractivity contribution in [1.82, 2.24) is 19.4 Å². The summed E-state index contributed by atoms with van der Waals surface area (Å²) in [5.41, 5.74) is 3.95. The summed E-state index contributed by atoms with van der Waals surface area (Å²) in [6, 6.07) is 19.2. The molecule has 0 spiro atoms. The monoisotopic (exact) mass is 655 g/mol. The molecule has 1 atom stereocenters. The molecule has 3 heterocycles. The first-order valence-corrected chi connectivity index (χ1v) is 15.1. The second kappa shape index (κ2) is 13.2. The molecule has 0 saturated heterocycles. The van der Waals surface area contributed by atoms with E-state index in [0.717, 1.165) is 25.2 Å². The fraction of sp³-hybridized carbons (Fsp3) is 0.229. The lowest BCUT2D eigenvalue weighted by Crippen LogP contribution is -2.22. The number of nitro groups is 1. The van der Waals surface area contributed by atoms with Crippen LogP contribution in [0.5, 0.6) is 0 Å². The number of imide groups is 1. The first-order valence-electron chi connectivity index (χ1n) is 15.1. The predicted octanol–water partition coefficient (Wildman–Crippen LogP) is 6.25. The zero-order valence-electron chi connectivity index (χ0n) is 26.4. The Hall–Kier alpha value is -5.26. The zero-order valence-corrected chi connectivity index (χ0v) is 27.2. The lowest BCUT2D eigenvalue weighted by Gasteiger charge is -2.19. The molecule has 1 unspecified atom stereocenters. The number of carbonyl (C=O) groups excluding carboxylic acids is 3. The first-order chi connectivity index (χ1) is 22.1. The highest BCUT2D eigenvalue weighted by Gasteiger charge is 2.36. The Labute approximate surface area is 277 Å². The van der Waals surface area contributed by atoms with Crippen molar-refractivity contribution in [3.63, 3.8) is 0 Å². The Morgan fingerprint density at radius 3 is 2.26 bits per heavy atom. The summed E-state index contributed by atoms with van der Waals surface area (Å²) in [4.78, 5) is 53.2. The number of aromatic nitrogens is 2. The molecule has 0 fully saturated rings. The highest BCUT2D eigenvalue weighted by atomic mass is 35.5. The van der Waals surface area contributed by atoms with Gasteiger partial charge in [-0.1, -0.05) is 44.2 Å². The van der Waals surface area contributed by atoms with Crippen LogP contribution in [0.25, 0.3) is 33.0 Å². The number of non-ortho nitro benzene ring substituents is 1. The van der Waals surface area contributed by atoms with Gasteiger partial charge in [-0.3, -0.25) is 29.9 Å². The molecule has 11 nitrogen and oxygen atoms in total. The van der Waals surface area contributed by atoms with E-state index in [1.165, 1.54) is 12.1 Å². The standard InChI is InChI=1S/C35H33N5O6.ClH/c1-5-38(6-2)18-22-10-9-11-23(16-22)35(43)46-21(3)39-20-28(25-12-7-8-13-29(25)39)32-31(33(41)36-34(32)42)27-19-37(4)30-17-24(40(44)45)14-15-26(27)30;/h7-17,19-21H,5-6,18H2,1-4H3,(H,36,41,42);1H. The molecule has 1 aliphatic heterocycles. The number of nitrogens with zero attached hydrogens (tertiary/aromatic N) is 4. The van der Waals surface area contributed by atoms with E-state index < -0.39 is 28.9 Å².